The zero-order valence-corrected chi connectivity index (χ0v) is 11.7. The van der Waals surface area contributed by atoms with Gasteiger partial charge >= 0.3 is 6.03 Å². The quantitative estimate of drug-likeness (QED) is 0.626. The molecule has 2 amide bonds. The summed E-state index contributed by atoms with van der Waals surface area (Å²) in [5.74, 6) is 0. The van der Waals surface area contributed by atoms with E-state index in [4.69, 9.17) is 0 Å². The number of carbonyl (C=O) groups is 1. The third-order valence-electron chi connectivity index (χ3n) is 2.79. The van der Waals surface area contributed by atoms with Gasteiger partial charge in [-0.1, -0.05) is 12.1 Å². The average molecular weight is 312 g/mol. The molecule has 2 N–H and O–H groups in total. The van der Waals surface area contributed by atoms with Gasteiger partial charge in [0, 0.05) is 12.3 Å². The number of carbonyl (C=O) groups excluding carboxylic acids is 1. The number of nitrogens with zero attached hydrogens (tertiary/aromatic N) is 2. The van der Waals surface area contributed by atoms with Crippen molar-refractivity contribution in [2.24, 2.45) is 0 Å². The normalized spacial score (nSPS) is 17.4. The first-order chi connectivity index (χ1) is 9.83. The van der Waals surface area contributed by atoms with E-state index in [1.807, 2.05) is 0 Å². The first-order valence-electron chi connectivity index (χ1n) is 5.85. The molecule has 0 saturated heterocycles. The summed E-state index contributed by atoms with van der Waals surface area (Å²) in [6, 6.07) is 3.53. The number of hydrazine groups is 1. The van der Waals surface area contributed by atoms with E-state index in [2.05, 4.69) is 5.43 Å². The summed E-state index contributed by atoms with van der Waals surface area (Å²) in [6.07, 6.45) is 3.14. The summed E-state index contributed by atoms with van der Waals surface area (Å²) in [5.41, 5.74) is 1.96. The first-order valence-corrected chi connectivity index (χ1v) is 7.33. The predicted molar refractivity (Wildman–Crippen MR) is 72.4 cm³/mol. The second-order valence-electron chi connectivity index (χ2n) is 4.23. The molecule has 1 heterocycles. The fourth-order valence-corrected chi connectivity index (χ4v) is 2.88. The van der Waals surface area contributed by atoms with Crippen molar-refractivity contribution in [3.8, 4) is 0 Å². The SMILES string of the molecule is CC1C=CNN1C(=O)NS(=O)(=O)c1ccccc1[N+](=O)[O-]. The van der Waals surface area contributed by atoms with Crippen LogP contribution in [0.5, 0.6) is 0 Å². The van der Waals surface area contributed by atoms with Gasteiger partial charge in [-0.2, -0.15) is 0 Å². The van der Waals surface area contributed by atoms with E-state index in [9.17, 15) is 23.3 Å². The molecular formula is C11H12N4O5S. The van der Waals surface area contributed by atoms with Crippen LogP contribution >= 0.6 is 0 Å². The van der Waals surface area contributed by atoms with Crippen LogP contribution in [0.25, 0.3) is 0 Å². The number of nitro groups is 1. The lowest BCUT2D eigenvalue weighted by molar-refractivity contribution is -0.387. The second-order valence-corrected chi connectivity index (χ2v) is 5.89. The van der Waals surface area contributed by atoms with Crippen molar-refractivity contribution in [1.29, 1.82) is 0 Å². The van der Waals surface area contributed by atoms with Crippen LogP contribution in [0.1, 0.15) is 6.92 Å². The van der Waals surface area contributed by atoms with E-state index in [0.29, 0.717) is 0 Å². The monoisotopic (exact) mass is 312 g/mol. The van der Waals surface area contributed by atoms with Gasteiger partial charge in [0.1, 0.15) is 0 Å². The summed E-state index contributed by atoms with van der Waals surface area (Å²) >= 11 is 0. The van der Waals surface area contributed by atoms with Gasteiger partial charge in [0.15, 0.2) is 4.90 Å². The zero-order valence-electron chi connectivity index (χ0n) is 10.9. The van der Waals surface area contributed by atoms with E-state index in [1.54, 1.807) is 17.7 Å². The number of nitrogens with one attached hydrogen (secondary N) is 2. The highest BCUT2D eigenvalue weighted by Crippen LogP contribution is 2.22. The smallest absolute Gasteiger partial charge is 0.302 e. The Hall–Kier alpha value is -2.62. The van der Waals surface area contributed by atoms with Crippen LogP contribution in [0.3, 0.4) is 0 Å². The molecule has 0 aliphatic carbocycles. The Morgan fingerprint density at radius 1 is 1.43 bits per heavy atom. The minimum absolute atomic E-state index is 0.342. The van der Waals surface area contributed by atoms with Crippen LogP contribution in [-0.4, -0.2) is 30.4 Å². The molecule has 0 bridgehead atoms. The zero-order chi connectivity index (χ0) is 15.6. The number of hydrogen-bond acceptors (Lipinski definition) is 6. The average Bonchev–Trinajstić information content (AvgIpc) is 2.84. The second kappa shape index (κ2) is 5.40. The van der Waals surface area contributed by atoms with Crippen molar-refractivity contribution in [3.63, 3.8) is 0 Å². The fourth-order valence-electron chi connectivity index (χ4n) is 1.76. The number of hydrogen-bond donors (Lipinski definition) is 2. The van der Waals surface area contributed by atoms with Crippen molar-refractivity contribution in [2.75, 3.05) is 0 Å². The molecule has 0 radical (unpaired) electrons. The molecule has 0 fully saturated rings. The molecule has 1 aromatic rings. The maximum Gasteiger partial charge on any atom is 0.350 e. The maximum absolute atomic E-state index is 12.1. The van der Waals surface area contributed by atoms with Crippen LogP contribution < -0.4 is 10.1 Å². The molecule has 1 aliphatic rings. The molecule has 9 nitrogen and oxygen atoms in total. The van der Waals surface area contributed by atoms with E-state index in [0.717, 1.165) is 17.1 Å². The Kier molecular flexibility index (Phi) is 3.80. The van der Waals surface area contributed by atoms with Crippen molar-refractivity contribution in [3.05, 3.63) is 46.7 Å². The molecule has 1 atom stereocenters. The van der Waals surface area contributed by atoms with Gasteiger partial charge in [0.25, 0.3) is 15.7 Å². The van der Waals surface area contributed by atoms with Crippen LogP contribution in [0, 0.1) is 10.1 Å². The van der Waals surface area contributed by atoms with Crippen molar-refractivity contribution in [2.45, 2.75) is 17.9 Å². The minimum Gasteiger partial charge on any atom is -0.302 e. The molecule has 10 heteroatoms. The van der Waals surface area contributed by atoms with Crippen molar-refractivity contribution >= 4 is 21.7 Å². The molecular weight excluding hydrogens is 300 g/mol. The molecule has 0 spiro atoms. The van der Waals surface area contributed by atoms with E-state index < -0.39 is 31.6 Å². The van der Waals surface area contributed by atoms with Gasteiger partial charge in [-0.15, -0.1) is 0 Å². The highest BCUT2D eigenvalue weighted by atomic mass is 32.2. The summed E-state index contributed by atoms with van der Waals surface area (Å²) in [6.45, 7) is 1.67. The molecule has 2 rings (SSSR count). The lowest BCUT2D eigenvalue weighted by atomic mass is 10.3. The fraction of sp³-hybridized carbons (Fsp3) is 0.182. The van der Waals surface area contributed by atoms with Crippen LogP contribution in [0.2, 0.25) is 0 Å². The molecule has 0 saturated carbocycles. The van der Waals surface area contributed by atoms with Gasteiger partial charge in [-0.25, -0.2) is 22.9 Å². The summed E-state index contributed by atoms with van der Waals surface area (Å²) < 4.78 is 26.0. The Balaban J connectivity index is 2.27. The summed E-state index contributed by atoms with van der Waals surface area (Å²) in [4.78, 5) is 21.4. The predicted octanol–water partition coefficient (Wildman–Crippen LogP) is 0.715. The van der Waals surface area contributed by atoms with E-state index in [1.165, 1.54) is 18.3 Å². The van der Waals surface area contributed by atoms with Gasteiger partial charge < -0.3 is 5.43 Å². The van der Waals surface area contributed by atoms with E-state index in [-0.39, 0.29) is 6.04 Å². The Bertz CT molecular complexity index is 715. The molecule has 0 aromatic heterocycles. The van der Waals surface area contributed by atoms with Gasteiger partial charge in [-0.3, -0.25) is 10.1 Å². The lowest BCUT2D eigenvalue weighted by Crippen LogP contribution is -2.49. The standard InChI is InChI=1S/C11H12N4O5S/c1-8-6-7-12-14(8)11(16)13-21(19,20)10-5-3-2-4-9(10)15(17)18/h2-8,12H,1H3,(H,13,16). The van der Waals surface area contributed by atoms with Gasteiger partial charge in [-0.05, 0) is 19.1 Å². The number of nitro benzene ring substituents is 1. The van der Waals surface area contributed by atoms with Gasteiger partial charge in [0.05, 0.1) is 11.0 Å². The van der Waals surface area contributed by atoms with Gasteiger partial charge in [0.2, 0.25) is 0 Å². The highest BCUT2D eigenvalue weighted by Gasteiger charge is 2.30. The van der Waals surface area contributed by atoms with E-state index >= 15 is 0 Å². The molecule has 112 valence electrons. The molecule has 1 aliphatic heterocycles. The Labute approximate surface area is 120 Å². The number of rotatable bonds is 3. The number of benzene rings is 1. The van der Waals surface area contributed by atoms with Crippen molar-refractivity contribution in [1.82, 2.24) is 15.2 Å². The third kappa shape index (κ3) is 2.94. The van der Waals surface area contributed by atoms with Crippen LogP contribution in [0.4, 0.5) is 10.5 Å². The summed E-state index contributed by atoms with van der Waals surface area (Å²) in [5, 5.41) is 11.9. The largest absolute Gasteiger partial charge is 0.350 e. The molecule has 1 aromatic carbocycles. The maximum atomic E-state index is 12.1. The van der Waals surface area contributed by atoms with Crippen molar-refractivity contribution < 1.29 is 18.1 Å². The Morgan fingerprint density at radius 3 is 2.67 bits per heavy atom. The summed E-state index contributed by atoms with van der Waals surface area (Å²) in [7, 11) is -4.35. The first kappa shape index (κ1) is 14.8. The van der Waals surface area contributed by atoms with Crippen LogP contribution in [0.15, 0.2) is 41.4 Å². The molecule has 21 heavy (non-hydrogen) atoms. The minimum atomic E-state index is -4.35. The highest BCUT2D eigenvalue weighted by molar-refractivity contribution is 7.90. The molecule has 1 unspecified atom stereocenters. The third-order valence-corrected chi connectivity index (χ3v) is 4.16. The van der Waals surface area contributed by atoms with Crippen LogP contribution in [-0.2, 0) is 10.0 Å². The number of sulfonamides is 1. The number of urea groups is 1. The number of para-hydroxylation sites is 1. The number of amides is 2. The lowest BCUT2D eigenvalue weighted by Gasteiger charge is -2.21. The topological polar surface area (TPSA) is 122 Å². The Morgan fingerprint density at radius 2 is 2.10 bits per heavy atom.